The molecule has 0 spiro atoms. The Morgan fingerprint density at radius 1 is 1.26 bits per heavy atom. The summed E-state index contributed by atoms with van der Waals surface area (Å²) in [5, 5.41) is 8.90. The van der Waals surface area contributed by atoms with Crippen molar-refractivity contribution in [3.63, 3.8) is 0 Å². The number of hydrogen-bond donors (Lipinski definition) is 0. The third-order valence-electron chi connectivity index (χ3n) is 4.09. The van der Waals surface area contributed by atoms with E-state index in [0.717, 1.165) is 44.2 Å². The van der Waals surface area contributed by atoms with Gasteiger partial charge in [-0.1, -0.05) is 15.9 Å². The number of halogens is 1. The van der Waals surface area contributed by atoms with Gasteiger partial charge < -0.3 is 4.74 Å². The molecule has 6 nitrogen and oxygen atoms in total. The van der Waals surface area contributed by atoms with E-state index < -0.39 is 0 Å². The van der Waals surface area contributed by atoms with Gasteiger partial charge in [0.1, 0.15) is 0 Å². The molecule has 0 radical (unpaired) electrons. The summed E-state index contributed by atoms with van der Waals surface area (Å²) in [4.78, 5) is 12.1. The molecule has 0 amide bonds. The molecule has 0 bridgehead atoms. The normalized spacial score (nSPS) is 22.6. The monoisotopic (exact) mass is 330 g/mol. The zero-order valence-electron chi connectivity index (χ0n) is 10.9. The SMILES string of the molecule is O=c1n(CC(CBr)C2CCOCC2)nnn1C1CC1. The maximum absolute atomic E-state index is 12.1. The van der Waals surface area contributed by atoms with E-state index in [9.17, 15) is 4.79 Å². The van der Waals surface area contributed by atoms with Gasteiger partial charge in [-0.3, -0.25) is 0 Å². The highest BCUT2D eigenvalue weighted by atomic mass is 79.9. The number of hydrogen-bond acceptors (Lipinski definition) is 4. The molecule has 7 heteroatoms. The second kappa shape index (κ2) is 5.75. The van der Waals surface area contributed by atoms with Crippen LogP contribution in [0.5, 0.6) is 0 Å². The van der Waals surface area contributed by atoms with Gasteiger partial charge in [0, 0.05) is 18.5 Å². The summed E-state index contributed by atoms with van der Waals surface area (Å²) in [6, 6.07) is 0.298. The molecule has 1 unspecified atom stereocenters. The summed E-state index contributed by atoms with van der Waals surface area (Å²) in [6.45, 7) is 2.32. The topological polar surface area (TPSA) is 61.9 Å². The van der Waals surface area contributed by atoms with Crippen molar-refractivity contribution in [3.8, 4) is 0 Å². The minimum Gasteiger partial charge on any atom is -0.381 e. The predicted octanol–water partition coefficient (Wildman–Crippen LogP) is 1.21. The van der Waals surface area contributed by atoms with E-state index in [1.807, 2.05) is 0 Å². The van der Waals surface area contributed by atoms with E-state index in [2.05, 4.69) is 26.4 Å². The van der Waals surface area contributed by atoms with Crippen LogP contribution in [0.15, 0.2) is 4.79 Å². The molecule has 3 rings (SSSR count). The van der Waals surface area contributed by atoms with Crippen molar-refractivity contribution in [1.82, 2.24) is 19.8 Å². The molecule has 1 aliphatic carbocycles. The zero-order chi connectivity index (χ0) is 13.2. The van der Waals surface area contributed by atoms with Crippen LogP contribution < -0.4 is 5.69 Å². The molecule has 0 aromatic carbocycles. The van der Waals surface area contributed by atoms with Crippen LogP contribution in [0.25, 0.3) is 0 Å². The van der Waals surface area contributed by atoms with Crippen LogP contribution in [0.1, 0.15) is 31.7 Å². The summed E-state index contributed by atoms with van der Waals surface area (Å²) in [6.07, 6.45) is 4.25. The van der Waals surface area contributed by atoms with Gasteiger partial charge in [0.15, 0.2) is 0 Å². The van der Waals surface area contributed by atoms with Crippen molar-refractivity contribution in [1.29, 1.82) is 0 Å². The lowest BCUT2D eigenvalue weighted by Crippen LogP contribution is -2.32. The first-order chi connectivity index (χ1) is 9.29. The van der Waals surface area contributed by atoms with Gasteiger partial charge >= 0.3 is 5.69 Å². The fraction of sp³-hybridized carbons (Fsp3) is 0.917. The maximum Gasteiger partial charge on any atom is 0.363 e. The molecule has 0 N–H and O–H groups in total. The van der Waals surface area contributed by atoms with Gasteiger partial charge in [-0.05, 0) is 47.9 Å². The molecule has 1 aliphatic heterocycles. The molecule has 19 heavy (non-hydrogen) atoms. The van der Waals surface area contributed by atoms with Crippen LogP contribution in [0.2, 0.25) is 0 Å². The van der Waals surface area contributed by atoms with Gasteiger partial charge in [-0.2, -0.15) is 9.36 Å². The van der Waals surface area contributed by atoms with Gasteiger partial charge in [-0.15, -0.1) is 0 Å². The largest absolute Gasteiger partial charge is 0.381 e. The Morgan fingerprint density at radius 3 is 2.63 bits per heavy atom. The Kier molecular flexibility index (Phi) is 4.02. The number of alkyl halides is 1. The lowest BCUT2D eigenvalue weighted by atomic mass is 9.87. The molecule has 2 fully saturated rings. The summed E-state index contributed by atoms with van der Waals surface area (Å²) in [5.74, 6) is 1.03. The second-order valence-corrected chi connectivity index (χ2v) is 6.13. The highest BCUT2D eigenvalue weighted by Crippen LogP contribution is 2.32. The van der Waals surface area contributed by atoms with E-state index in [1.54, 1.807) is 0 Å². The summed E-state index contributed by atoms with van der Waals surface area (Å²) < 4.78 is 8.46. The number of rotatable bonds is 5. The average Bonchev–Trinajstić information content (AvgIpc) is 3.22. The summed E-state index contributed by atoms with van der Waals surface area (Å²) in [7, 11) is 0. The van der Waals surface area contributed by atoms with Gasteiger partial charge in [0.05, 0.1) is 12.6 Å². The Bertz CT molecular complexity index is 476. The third-order valence-corrected chi connectivity index (χ3v) is 4.92. The molecule has 2 heterocycles. The van der Waals surface area contributed by atoms with Crippen molar-refractivity contribution in [2.24, 2.45) is 11.8 Å². The quantitative estimate of drug-likeness (QED) is 0.761. The average molecular weight is 331 g/mol. The second-order valence-electron chi connectivity index (χ2n) is 5.48. The molecule has 1 atom stereocenters. The van der Waals surface area contributed by atoms with Gasteiger partial charge in [-0.25, -0.2) is 4.79 Å². The van der Waals surface area contributed by atoms with E-state index in [-0.39, 0.29) is 5.69 Å². The highest BCUT2D eigenvalue weighted by molar-refractivity contribution is 9.09. The highest BCUT2D eigenvalue weighted by Gasteiger charge is 2.29. The van der Waals surface area contributed by atoms with Gasteiger partial charge in [0.25, 0.3) is 0 Å². The van der Waals surface area contributed by atoms with Crippen LogP contribution in [-0.4, -0.2) is 38.3 Å². The molecular formula is C12H19BrN4O2. The number of aromatic nitrogens is 4. The van der Waals surface area contributed by atoms with Gasteiger partial charge in [0.2, 0.25) is 0 Å². The van der Waals surface area contributed by atoms with Crippen LogP contribution >= 0.6 is 15.9 Å². The summed E-state index contributed by atoms with van der Waals surface area (Å²) in [5.41, 5.74) is -0.0551. The Balaban J connectivity index is 1.69. The zero-order valence-corrected chi connectivity index (χ0v) is 12.5. The van der Waals surface area contributed by atoms with E-state index in [4.69, 9.17) is 4.74 Å². The fourth-order valence-corrected chi connectivity index (χ4v) is 3.42. The maximum atomic E-state index is 12.1. The Morgan fingerprint density at radius 2 is 2.00 bits per heavy atom. The number of ether oxygens (including phenoxy) is 1. The molecule has 1 saturated heterocycles. The first-order valence-electron chi connectivity index (χ1n) is 6.95. The minimum atomic E-state index is -0.0551. The third kappa shape index (κ3) is 2.91. The van der Waals surface area contributed by atoms with Crippen LogP contribution in [0, 0.1) is 11.8 Å². The lowest BCUT2D eigenvalue weighted by Gasteiger charge is -2.28. The molecule has 1 saturated carbocycles. The predicted molar refractivity (Wildman–Crippen MR) is 73.4 cm³/mol. The molecule has 2 aliphatic rings. The molecular weight excluding hydrogens is 312 g/mol. The lowest BCUT2D eigenvalue weighted by molar-refractivity contribution is 0.0468. The smallest absolute Gasteiger partial charge is 0.363 e. The number of tetrazole rings is 1. The molecule has 1 aromatic heterocycles. The Labute approximate surface area is 120 Å². The van der Waals surface area contributed by atoms with Crippen molar-refractivity contribution in [2.45, 2.75) is 38.3 Å². The van der Waals surface area contributed by atoms with E-state index >= 15 is 0 Å². The van der Waals surface area contributed by atoms with Crippen molar-refractivity contribution in [2.75, 3.05) is 18.5 Å². The number of nitrogens with zero attached hydrogens (tertiary/aromatic N) is 4. The molecule has 106 valence electrons. The van der Waals surface area contributed by atoms with E-state index in [1.165, 1.54) is 9.36 Å². The van der Waals surface area contributed by atoms with Crippen molar-refractivity contribution in [3.05, 3.63) is 10.5 Å². The first kappa shape index (κ1) is 13.3. The first-order valence-corrected chi connectivity index (χ1v) is 8.07. The molecule has 1 aromatic rings. The standard InChI is InChI=1S/C12H19BrN4O2/c13-7-10(9-3-5-19-6-4-9)8-16-12(18)17(15-14-16)11-1-2-11/h9-11H,1-8H2. The Hall–Kier alpha value is -0.690. The van der Waals surface area contributed by atoms with Crippen LogP contribution in [-0.2, 0) is 11.3 Å². The van der Waals surface area contributed by atoms with Crippen molar-refractivity contribution < 1.29 is 4.74 Å². The van der Waals surface area contributed by atoms with Crippen LogP contribution in [0.4, 0.5) is 0 Å². The van der Waals surface area contributed by atoms with Crippen LogP contribution in [0.3, 0.4) is 0 Å². The van der Waals surface area contributed by atoms with Crippen molar-refractivity contribution >= 4 is 15.9 Å². The fourth-order valence-electron chi connectivity index (χ4n) is 2.68. The summed E-state index contributed by atoms with van der Waals surface area (Å²) >= 11 is 3.57. The minimum absolute atomic E-state index is 0.0551. The van der Waals surface area contributed by atoms with E-state index in [0.29, 0.717) is 24.4 Å².